The van der Waals surface area contributed by atoms with E-state index in [1.807, 2.05) is 0 Å². The van der Waals surface area contributed by atoms with Gasteiger partial charge in [0, 0.05) is 49.1 Å². The average Bonchev–Trinajstić information content (AvgIpc) is 3.36. The van der Waals surface area contributed by atoms with E-state index in [4.69, 9.17) is 16.2 Å². The van der Waals surface area contributed by atoms with Crippen LogP contribution in [0.2, 0.25) is 0 Å². The molecule has 0 amide bonds. The van der Waals surface area contributed by atoms with Crippen molar-refractivity contribution in [2.45, 2.75) is 37.9 Å². The number of aromatic nitrogens is 1. The van der Waals surface area contributed by atoms with Crippen molar-refractivity contribution >= 4 is 17.2 Å². The normalized spacial score (nSPS) is 24.9. The van der Waals surface area contributed by atoms with Crippen molar-refractivity contribution in [1.82, 2.24) is 9.88 Å². The van der Waals surface area contributed by atoms with Crippen molar-refractivity contribution in [3.63, 3.8) is 0 Å². The third-order valence-corrected chi connectivity index (χ3v) is 6.29. The summed E-state index contributed by atoms with van der Waals surface area (Å²) in [4.78, 5) is 10.0. The Morgan fingerprint density at radius 1 is 1.30 bits per heavy atom. The van der Waals surface area contributed by atoms with Gasteiger partial charge in [-0.3, -0.25) is 9.89 Å². The molecule has 2 heterocycles. The summed E-state index contributed by atoms with van der Waals surface area (Å²) < 4.78 is 70.7. The molecule has 33 heavy (non-hydrogen) atoms. The molecule has 6 nitrogen and oxygen atoms in total. The van der Waals surface area contributed by atoms with Crippen molar-refractivity contribution < 1.29 is 26.7 Å². The number of aliphatic imine (C=N–C) groups is 1. The number of nitrogens with zero attached hydrogens (tertiary/aromatic N) is 3. The summed E-state index contributed by atoms with van der Waals surface area (Å²) >= 11 is 0. The Morgan fingerprint density at radius 3 is 2.76 bits per heavy atom. The number of alkyl halides is 5. The quantitative estimate of drug-likeness (QED) is 0.490. The predicted molar refractivity (Wildman–Crippen MR) is 115 cm³/mol. The number of ether oxygens (including phenoxy) is 1. The number of nitrogen functional groups attached to an aromatic ring is 1. The highest BCUT2D eigenvalue weighted by atomic mass is 19.4. The van der Waals surface area contributed by atoms with Gasteiger partial charge in [-0.15, -0.1) is 0 Å². The molecule has 0 radical (unpaired) electrons. The Labute approximate surface area is 188 Å². The third-order valence-electron chi connectivity index (χ3n) is 6.29. The molecule has 1 aliphatic heterocycles. The summed E-state index contributed by atoms with van der Waals surface area (Å²) in [5, 5.41) is 0. The zero-order valence-electron chi connectivity index (χ0n) is 17.9. The number of hydrogen-bond acceptors (Lipinski definition) is 6. The molecule has 0 bridgehead atoms. The molecule has 4 N–H and O–H groups in total. The van der Waals surface area contributed by atoms with E-state index >= 15 is 0 Å². The van der Waals surface area contributed by atoms with Gasteiger partial charge in [-0.05, 0) is 37.0 Å². The lowest BCUT2D eigenvalue weighted by atomic mass is 10.0. The summed E-state index contributed by atoms with van der Waals surface area (Å²) in [6.07, 6.45) is -2.17. The molecule has 2 atom stereocenters. The van der Waals surface area contributed by atoms with Crippen LogP contribution in [-0.2, 0) is 10.9 Å². The second-order valence-corrected chi connectivity index (χ2v) is 8.46. The van der Waals surface area contributed by atoms with Crippen molar-refractivity contribution in [3.8, 4) is 0 Å². The summed E-state index contributed by atoms with van der Waals surface area (Å²) in [6.45, 7) is 2.58. The fourth-order valence-electron chi connectivity index (χ4n) is 4.66. The lowest BCUT2D eigenvalue weighted by Gasteiger charge is -2.27. The number of allylic oxidation sites excluding steroid dienone is 2. The second kappa shape index (κ2) is 9.38. The van der Waals surface area contributed by atoms with Gasteiger partial charge in [-0.2, -0.15) is 13.2 Å². The minimum Gasteiger partial charge on any atom is -0.398 e. The van der Waals surface area contributed by atoms with Gasteiger partial charge in [0.05, 0.1) is 17.9 Å². The Hall–Kier alpha value is -2.53. The van der Waals surface area contributed by atoms with E-state index in [1.165, 1.54) is 6.08 Å². The Morgan fingerprint density at radius 2 is 2.09 bits per heavy atom. The van der Waals surface area contributed by atoms with Gasteiger partial charge in [0.15, 0.2) is 0 Å². The monoisotopic (exact) mass is 471 g/mol. The minimum absolute atomic E-state index is 0.000115. The van der Waals surface area contributed by atoms with Crippen LogP contribution in [0.4, 0.5) is 27.8 Å². The molecular weight excluding hydrogens is 445 g/mol. The zero-order valence-corrected chi connectivity index (χ0v) is 17.9. The molecule has 1 aromatic heterocycles. The maximum atomic E-state index is 13.2. The SMILES string of the molecule is NC(=CC(=NCC(F)F)C1=C2CC(N3CCCOCC3)CC21)c1cnc(N)c(C(F)(F)F)c1. The summed E-state index contributed by atoms with van der Waals surface area (Å²) in [5.74, 6) is -0.507. The van der Waals surface area contributed by atoms with Crippen LogP contribution in [0.1, 0.15) is 30.4 Å². The van der Waals surface area contributed by atoms with Crippen LogP contribution in [0.15, 0.2) is 34.5 Å². The van der Waals surface area contributed by atoms with Crippen LogP contribution in [0.5, 0.6) is 0 Å². The largest absolute Gasteiger partial charge is 0.419 e. The first-order valence-electron chi connectivity index (χ1n) is 10.8. The lowest BCUT2D eigenvalue weighted by molar-refractivity contribution is -0.137. The van der Waals surface area contributed by atoms with Gasteiger partial charge in [0.2, 0.25) is 0 Å². The molecule has 1 aromatic rings. The van der Waals surface area contributed by atoms with Crippen molar-refractivity contribution in [1.29, 1.82) is 0 Å². The van der Waals surface area contributed by atoms with Crippen LogP contribution in [-0.4, -0.2) is 60.9 Å². The van der Waals surface area contributed by atoms with Crippen LogP contribution < -0.4 is 11.5 Å². The molecule has 0 aromatic carbocycles. The second-order valence-electron chi connectivity index (χ2n) is 8.46. The van der Waals surface area contributed by atoms with Crippen molar-refractivity contribution in [2.24, 2.45) is 16.6 Å². The van der Waals surface area contributed by atoms with Crippen LogP contribution in [0.3, 0.4) is 0 Å². The van der Waals surface area contributed by atoms with Crippen molar-refractivity contribution in [3.05, 3.63) is 40.6 Å². The molecule has 1 saturated heterocycles. The number of anilines is 1. The fourth-order valence-corrected chi connectivity index (χ4v) is 4.66. The predicted octanol–water partition coefficient (Wildman–Crippen LogP) is 3.50. The highest BCUT2D eigenvalue weighted by Gasteiger charge is 2.47. The topological polar surface area (TPSA) is 89.8 Å². The minimum atomic E-state index is -4.69. The molecule has 2 unspecified atom stereocenters. The molecule has 1 saturated carbocycles. The average molecular weight is 471 g/mol. The van der Waals surface area contributed by atoms with Gasteiger partial charge in [-0.25, -0.2) is 13.8 Å². The smallest absolute Gasteiger partial charge is 0.398 e. The van der Waals surface area contributed by atoms with Crippen molar-refractivity contribution in [2.75, 3.05) is 38.6 Å². The van der Waals surface area contributed by atoms with Crippen LogP contribution >= 0.6 is 0 Å². The summed E-state index contributed by atoms with van der Waals surface area (Å²) in [6, 6.07) is 1.19. The van der Waals surface area contributed by atoms with E-state index in [1.54, 1.807) is 0 Å². The fraction of sp³-hybridized carbons (Fsp3) is 0.545. The van der Waals surface area contributed by atoms with Gasteiger partial charge in [-0.1, -0.05) is 5.57 Å². The molecule has 3 aliphatic rings. The number of hydrogen-bond donors (Lipinski definition) is 2. The number of halogens is 5. The molecular formula is C22H26F5N5O. The van der Waals surface area contributed by atoms with Gasteiger partial charge in [0.1, 0.15) is 12.4 Å². The van der Waals surface area contributed by atoms with E-state index in [-0.39, 0.29) is 17.2 Å². The Bertz CT molecular complexity index is 980. The Balaban J connectivity index is 1.56. The standard InChI is InChI=1S/C22H26F5N5O/c23-19(24)11-30-18(9-17(28)12-6-16(22(25,26)27)21(29)31-10-12)20-14-7-13(8-15(14)20)32-2-1-4-33-5-3-32/h6,9-10,13-14,19H,1-5,7-8,11,28H2,(H2,29,31). The maximum absolute atomic E-state index is 13.2. The first kappa shape index (κ1) is 23.6. The zero-order chi connectivity index (χ0) is 23.8. The number of pyridine rings is 1. The first-order valence-corrected chi connectivity index (χ1v) is 10.8. The van der Waals surface area contributed by atoms with Gasteiger partial charge < -0.3 is 16.2 Å². The first-order chi connectivity index (χ1) is 15.6. The van der Waals surface area contributed by atoms with Gasteiger partial charge in [0.25, 0.3) is 6.43 Å². The lowest BCUT2D eigenvalue weighted by Crippen LogP contribution is -2.36. The van der Waals surface area contributed by atoms with Gasteiger partial charge >= 0.3 is 6.18 Å². The third kappa shape index (κ3) is 5.35. The highest BCUT2D eigenvalue weighted by molar-refractivity contribution is 6.16. The Kier molecular flexibility index (Phi) is 6.71. The molecule has 11 heteroatoms. The number of nitrogens with two attached hydrogens (primary N) is 2. The van der Waals surface area contributed by atoms with Crippen LogP contribution in [0, 0.1) is 5.92 Å². The number of rotatable bonds is 6. The van der Waals surface area contributed by atoms with E-state index in [0.717, 1.165) is 62.4 Å². The van der Waals surface area contributed by atoms with E-state index < -0.39 is 30.5 Å². The molecule has 2 aliphatic carbocycles. The summed E-state index contributed by atoms with van der Waals surface area (Å²) in [5.41, 5.74) is 12.6. The molecule has 0 spiro atoms. The molecule has 4 rings (SSSR count). The van der Waals surface area contributed by atoms with E-state index in [0.29, 0.717) is 18.4 Å². The van der Waals surface area contributed by atoms with E-state index in [2.05, 4.69) is 14.9 Å². The molecule has 2 fully saturated rings. The van der Waals surface area contributed by atoms with E-state index in [9.17, 15) is 22.0 Å². The highest BCUT2D eigenvalue weighted by Crippen LogP contribution is 2.54. The number of fused-ring (bicyclic) bond motifs is 1. The maximum Gasteiger partial charge on any atom is 0.419 e. The molecule has 180 valence electrons. The summed E-state index contributed by atoms with van der Waals surface area (Å²) in [7, 11) is 0. The van der Waals surface area contributed by atoms with Crippen LogP contribution in [0.25, 0.3) is 5.70 Å².